The van der Waals surface area contributed by atoms with Crippen molar-refractivity contribution in [2.45, 2.75) is 45.2 Å². The number of likely N-dealkylation sites (N-methyl/N-ethyl adjacent to an activating group) is 1. The van der Waals surface area contributed by atoms with Gasteiger partial charge in [0.2, 0.25) is 0 Å². The molecule has 1 aliphatic rings. The summed E-state index contributed by atoms with van der Waals surface area (Å²) in [4.78, 5) is 4.85. The average Bonchev–Trinajstić information content (AvgIpc) is 3.04. The summed E-state index contributed by atoms with van der Waals surface area (Å²) in [6.07, 6.45) is 4.05. The molecule has 0 aromatic rings. The third kappa shape index (κ3) is 5.83. The van der Waals surface area contributed by atoms with E-state index in [2.05, 4.69) is 43.1 Å². The van der Waals surface area contributed by atoms with Crippen LogP contribution in [0.2, 0.25) is 0 Å². The van der Waals surface area contributed by atoms with Crippen molar-refractivity contribution < 1.29 is 0 Å². The summed E-state index contributed by atoms with van der Waals surface area (Å²) >= 11 is 0. The largest absolute Gasteiger partial charge is 0.312 e. The van der Waals surface area contributed by atoms with Gasteiger partial charge in [0.05, 0.1) is 0 Å². The van der Waals surface area contributed by atoms with E-state index in [1.165, 1.54) is 38.9 Å². The van der Waals surface area contributed by atoms with Gasteiger partial charge in [-0.05, 0) is 59.9 Å². The lowest BCUT2D eigenvalue weighted by atomic mass is 10.2. The lowest BCUT2D eigenvalue weighted by Gasteiger charge is -2.28. The van der Waals surface area contributed by atoms with Crippen LogP contribution in [0.4, 0.5) is 0 Å². The smallest absolute Gasteiger partial charge is 0.0192 e. The van der Waals surface area contributed by atoms with Crippen LogP contribution < -0.4 is 5.32 Å². The fourth-order valence-corrected chi connectivity index (χ4v) is 2.03. The summed E-state index contributed by atoms with van der Waals surface area (Å²) in [5.41, 5.74) is 0. The van der Waals surface area contributed by atoms with Crippen molar-refractivity contribution in [1.29, 1.82) is 0 Å². The Morgan fingerprint density at radius 2 is 1.94 bits per heavy atom. The van der Waals surface area contributed by atoms with Gasteiger partial charge in [0, 0.05) is 18.6 Å². The fraction of sp³-hybridized carbons (Fsp3) is 1.00. The quantitative estimate of drug-likeness (QED) is 0.642. The lowest BCUT2D eigenvalue weighted by Crippen LogP contribution is -2.42. The molecular formula is C13H29N3. The second-order valence-corrected chi connectivity index (χ2v) is 5.32. The number of nitrogens with zero attached hydrogens (tertiary/aromatic N) is 2. The van der Waals surface area contributed by atoms with Crippen LogP contribution in [0.5, 0.6) is 0 Å². The van der Waals surface area contributed by atoms with Gasteiger partial charge in [-0.2, -0.15) is 0 Å². The van der Waals surface area contributed by atoms with Crippen molar-refractivity contribution in [1.82, 2.24) is 15.1 Å². The van der Waals surface area contributed by atoms with Gasteiger partial charge >= 0.3 is 0 Å². The van der Waals surface area contributed by atoms with Crippen LogP contribution in [0, 0.1) is 0 Å². The maximum Gasteiger partial charge on any atom is 0.0192 e. The minimum absolute atomic E-state index is 0.674. The van der Waals surface area contributed by atoms with Crippen LogP contribution in [0.25, 0.3) is 0 Å². The molecule has 1 fully saturated rings. The first-order valence-electron chi connectivity index (χ1n) is 6.75. The molecule has 0 saturated heterocycles. The van der Waals surface area contributed by atoms with Crippen molar-refractivity contribution in [2.24, 2.45) is 0 Å². The van der Waals surface area contributed by atoms with Gasteiger partial charge in [-0.3, -0.25) is 4.90 Å². The Bertz CT molecular complexity index is 178. The normalized spacial score (nSPS) is 18.4. The van der Waals surface area contributed by atoms with E-state index in [0.717, 1.165) is 12.6 Å². The molecule has 1 saturated carbocycles. The molecule has 0 aromatic carbocycles. The summed E-state index contributed by atoms with van der Waals surface area (Å²) in [5, 5.41) is 3.62. The summed E-state index contributed by atoms with van der Waals surface area (Å²) in [6.45, 7) is 9.35. The molecule has 0 aliphatic heterocycles. The monoisotopic (exact) mass is 227 g/mol. The van der Waals surface area contributed by atoms with Crippen LogP contribution in [0.1, 0.15) is 33.1 Å². The molecule has 0 amide bonds. The van der Waals surface area contributed by atoms with Crippen molar-refractivity contribution in [3.63, 3.8) is 0 Å². The first-order chi connectivity index (χ1) is 7.63. The zero-order valence-electron chi connectivity index (χ0n) is 11.5. The molecule has 1 atom stereocenters. The van der Waals surface area contributed by atoms with Crippen LogP contribution in [0.15, 0.2) is 0 Å². The SMILES string of the molecule is CCN(CCCN(C)C)C(C)CNC1CC1. The minimum Gasteiger partial charge on any atom is -0.312 e. The first-order valence-corrected chi connectivity index (χ1v) is 6.75. The third-order valence-electron chi connectivity index (χ3n) is 3.36. The number of hydrogen-bond donors (Lipinski definition) is 1. The lowest BCUT2D eigenvalue weighted by molar-refractivity contribution is 0.203. The molecule has 3 nitrogen and oxygen atoms in total. The minimum atomic E-state index is 0.674. The van der Waals surface area contributed by atoms with Crippen molar-refractivity contribution >= 4 is 0 Å². The number of rotatable bonds is 9. The van der Waals surface area contributed by atoms with Crippen molar-refractivity contribution in [3.8, 4) is 0 Å². The number of hydrogen-bond acceptors (Lipinski definition) is 3. The topological polar surface area (TPSA) is 18.5 Å². The van der Waals surface area contributed by atoms with Crippen molar-refractivity contribution in [3.05, 3.63) is 0 Å². The molecule has 96 valence electrons. The predicted molar refractivity (Wildman–Crippen MR) is 70.9 cm³/mol. The molecule has 0 heterocycles. The van der Waals surface area contributed by atoms with Crippen molar-refractivity contribution in [2.75, 3.05) is 40.3 Å². The van der Waals surface area contributed by atoms with Gasteiger partial charge in [-0.25, -0.2) is 0 Å². The average molecular weight is 227 g/mol. The molecule has 0 spiro atoms. The summed E-state index contributed by atoms with van der Waals surface area (Å²) in [6, 6.07) is 1.51. The predicted octanol–water partition coefficient (Wildman–Crippen LogP) is 1.40. The Hall–Kier alpha value is -0.120. The highest BCUT2D eigenvalue weighted by atomic mass is 15.2. The van der Waals surface area contributed by atoms with E-state index >= 15 is 0 Å². The zero-order valence-corrected chi connectivity index (χ0v) is 11.5. The highest BCUT2D eigenvalue weighted by Crippen LogP contribution is 2.18. The molecular weight excluding hydrogens is 198 g/mol. The van der Waals surface area contributed by atoms with Gasteiger partial charge in [0.1, 0.15) is 0 Å². The second kappa shape index (κ2) is 7.25. The Kier molecular flexibility index (Phi) is 6.32. The number of nitrogens with one attached hydrogen (secondary N) is 1. The van der Waals surface area contributed by atoms with Crippen LogP contribution in [-0.2, 0) is 0 Å². The van der Waals surface area contributed by atoms with Gasteiger partial charge in [0.15, 0.2) is 0 Å². The van der Waals surface area contributed by atoms with E-state index in [1.807, 2.05) is 0 Å². The van der Waals surface area contributed by atoms with Crippen LogP contribution in [0.3, 0.4) is 0 Å². The van der Waals surface area contributed by atoms with Crippen LogP contribution in [-0.4, -0.2) is 62.2 Å². The summed E-state index contributed by atoms with van der Waals surface area (Å²) in [7, 11) is 4.29. The first kappa shape index (κ1) is 13.9. The van der Waals surface area contributed by atoms with Gasteiger partial charge in [0.25, 0.3) is 0 Å². The van der Waals surface area contributed by atoms with E-state index in [4.69, 9.17) is 0 Å². The van der Waals surface area contributed by atoms with E-state index < -0.39 is 0 Å². The Morgan fingerprint density at radius 3 is 2.44 bits per heavy atom. The zero-order chi connectivity index (χ0) is 12.0. The Labute approximate surface area is 101 Å². The van der Waals surface area contributed by atoms with E-state index in [0.29, 0.717) is 6.04 Å². The van der Waals surface area contributed by atoms with E-state index in [9.17, 15) is 0 Å². The molecule has 1 unspecified atom stereocenters. The molecule has 1 rings (SSSR count). The third-order valence-corrected chi connectivity index (χ3v) is 3.36. The fourth-order valence-electron chi connectivity index (χ4n) is 2.03. The molecule has 0 aromatic heterocycles. The molecule has 16 heavy (non-hydrogen) atoms. The second-order valence-electron chi connectivity index (χ2n) is 5.32. The highest BCUT2D eigenvalue weighted by Gasteiger charge is 2.22. The van der Waals surface area contributed by atoms with Gasteiger partial charge < -0.3 is 10.2 Å². The van der Waals surface area contributed by atoms with Gasteiger partial charge in [-0.1, -0.05) is 6.92 Å². The molecule has 1 N–H and O–H groups in total. The summed E-state index contributed by atoms with van der Waals surface area (Å²) in [5.74, 6) is 0. The van der Waals surface area contributed by atoms with E-state index in [-0.39, 0.29) is 0 Å². The highest BCUT2D eigenvalue weighted by molar-refractivity contribution is 4.82. The summed E-state index contributed by atoms with van der Waals surface area (Å²) < 4.78 is 0. The molecule has 0 bridgehead atoms. The Balaban J connectivity index is 2.11. The molecule has 0 radical (unpaired) electrons. The molecule has 1 aliphatic carbocycles. The standard InChI is InChI=1S/C13H29N3/c1-5-16(10-6-9-15(3)4)12(2)11-14-13-7-8-13/h12-14H,5-11H2,1-4H3. The maximum atomic E-state index is 3.62. The van der Waals surface area contributed by atoms with Gasteiger partial charge in [-0.15, -0.1) is 0 Å². The molecule has 3 heteroatoms. The van der Waals surface area contributed by atoms with E-state index in [1.54, 1.807) is 0 Å². The maximum absolute atomic E-state index is 3.62. The van der Waals surface area contributed by atoms with Crippen LogP contribution >= 0.6 is 0 Å². The Morgan fingerprint density at radius 1 is 1.25 bits per heavy atom.